The largest absolute Gasteiger partial charge is 0.353 e. The molecule has 1 heterocycles. The minimum absolute atomic E-state index is 0.0244. The van der Waals surface area contributed by atoms with E-state index in [1.807, 2.05) is 0 Å². The van der Waals surface area contributed by atoms with Crippen molar-refractivity contribution in [2.45, 2.75) is 6.92 Å². The number of hydrogen-bond acceptors (Lipinski definition) is 7. The van der Waals surface area contributed by atoms with Gasteiger partial charge < -0.3 is 10.6 Å². The first kappa shape index (κ1) is 19.5. The predicted octanol–water partition coefficient (Wildman–Crippen LogP) is 5.38. The summed E-state index contributed by atoms with van der Waals surface area (Å²) >= 11 is 11.9. The van der Waals surface area contributed by atoms with Crippen LogP contribution in [0.15, 0.2) is 48.8 Å². The number of nitrogens with one attached hydrogen (secondary N) is 2. The number of rotatable bonds is 6. The Morgan fingerprint density at radius 2 is 1.64 bits per heavy atom. The molecule has 0 fully saturated rings. The molecular weight excluding hydrogens is 405 g/mol. The second-order valence-electron chi connectivity index (χ2n) is 5.69. The summed E-state index contributed by atoms with van der Waals surface area (Å²) in [5.74, 6) is -0.172. The highest BCUT2D eigenvalue weighted by Gasteiger charge is 2.23. The first-order chi connectivity index (χ1) is 13.3. The Morgan fingerprint density at radius 1 is 1.00 bits per heavy atom. The highest BCUT2D eigenvalue weighted by atomic mass is 35.5. The van der Waals surface area contributed by atoms with Crippen molar-refractivity contribution in [3.05, 3.63) is 74.5 Å². The van der Waals surface area contributed by atoms with Gasteiger partial charge in [-0.05, 0) is 37.3 Å². The molecule has 0 aliphatic heterocycles. The lowest BCUT2D eigenvalue weighted by molar-refractivity contribution is -0.383. The zero-order valence-corrected chi connectivity index (χ0v) is 16.0. The van der Waals surface area contributed by atoms with Gasteiger partial charge in [0.1, 0.15) is 6.33 Å². The molecule has 0 saturated carbocycles. The quantitative estimate of drug-likeness (QED) is 0.314. The molecule has 0 bridgehead atoms. The van der Waals surface area contributed by atoms with E-state index in [2.05, 4.69) is 20.6 Å². The third-order valence-corrected chi connectivity index (χ3v) is 4.46. The summed E-state index contributed by atoms with van der Waals surface area (Å²) in [7, 11) is 0. The van der Waals surface area contributed by atoms with Gasteiger partial charge in [0.25, 0.3) is 0 Å². The lowest BCUT2D eigenvalue weighted by Gasteiger charge is -2.11. The van der Waals surface area contributed by atoms with Gasteiger partial charge >= 0.3 is 5.69 Å². The number of anilines is 4. The van der Waals surface area contributed by atoms with Crippen molar-refractivity contribution in [3.63, 3.8) is 0 Å². The number of Topliss-reactive ketones (excluding diaryl/α,β-unsaturated/α-hetero) is 1. The van der Waals surface area contributed by atoms with Crippen LogP contribution in [-0.4, -0.2) is 20.7 Å². The molecule has 28 heavy (non-hydrogen) atoms. The van der Waals surface area contributed by atoms with Crippen LogP contribution in [0.1, 0.15) is 17.3 Å². The molecular formula is C18H13Cl2N5O3. The van der Waals surface area contributed by atoms with Crippen LogP contribution in [0.4, 0.5) is 28.7 Å². The third kappa shape index (κ3) is 4.36. The Labute approximate surface area is 169 Å². The summed E-state index contributed by atoms with van der Waals surface area (Å²) in [5.41, 5.74) is 1.06. The number of halogens is 2. The normalized spacial score (nSPS) is 10.4. The average molecular weight is 418 g/mol. The molecule has 0 radical (unpaired) electrons. The molecule has 1 aromatic heterocycles. The average Bonchev–Trinajstić information content (AvgIpc) is 2.65. The Hall–Kier alpha value is -3.23. The molecule has 0 spiro atoms. The van der Waals surface area contributed by atoms with E-state index in [-0.39, 0.29) is 23.1 Å². The molecule has 2 N–H and O–H groups in total. The maximum atomic E-state index is 11.7. The third-order valence-electron chi connectivity index (χ3n) is 3.72. The zero-order valence-electron chi connectivity index (χ0n) is 14.4. The van der Waals surface area contributed by atoms with Gasteiger partial charge in [-0.3, -0.25) is 14.9 Å². The van der Waals surface area contributed by atoms with Crippen LogP contribution in [0.5, 0.6) is 0 Å². The molecule has 142 valence electrons. The van der Waals surface area contributed by atoms with Crippen LogP contribution in [0.3, 0.4) is 0 Å². The van der Waals surface area contributed by atoms with Crippen molar-refractivity contribution in [2.75, 3.05) is 10.6 Å². The number of hydrogen-bond donors (Lipinski definition) is 2. The molecule has 10 heteroatoms. The first-order valence-corrected chi connectivity index (χ1v) is 8.70. The molecule has 3 aromatic rings. The molecule has 8 nitrogen and oxygen atoms in total. The number of carbonyl (C=O) groups excluding carboxylic acids is 1. The van der Waals surface area contributed by atoms with Gasteiger partial charge in [0.05, 0.1) is 15.0 Å². The Bertz CT molecular complexity index is 1070. The number of aromatic nitrogens is 2. The highest BCUT2D eigenvalue weighted by molar-refractivity contribution is 6.42. The van der Waals surface area contributed by atoms with Crippen LogP contribution >= 0.6 is 23.2 Å². The monoisotopic (exact) mass is 417 g/mol. The van der Waals surface area contributed by atoms with Gasteiger partial charge in [-0.2, -0.15) is 0 Å². The lowest BCUT2D eigenvalue weighted by Crippen LogP contribution is -2.06. The Kier molecular flexibility index (Phi) is 5.72. The highest BCUT2D eigenvalue weighted by Crippen LogP contribution is 2.34. The van der Waals surface area contributed by atoms with Crippen LogP contribution < -0.4 is 10.6 Å². The first-order valence-electron chi connectivity index (χ1n) is 7.94. The SMILES string of the molecule is CC(=O)c1cccc(Nc2ncnc(Nc3ccc(Cl)c(Cl)c3)c2[N+](=O)[O-])c1. The molecule has 0 saturated heterocycles. The number of ketones is 1. The van der Waals surface area contributed by atoms with Crippen molar-refractivity contribution in [2.24, 2.45) is 0 Å². The molecule has 0 atom stereocenters. The fourth-order valence-corrected chi connectivity index (χ4v) is 2.70. The zero-order chi connectivity index (χ0) is 20.3. The summed E-state index contributed by atoms with van der Waals surface area (Å²) < 4.78 is 0. The van der Waals surface area contributed by atoms with E-state index in [1.165, 1.54) is 19.3 Å². The summed E-state index contributed by atoms with van der Waals surface area (Å²) in [6, 6.07) is 11.3. The van der Waals surface area contributed by atoms with Crippen molar-refractivity contribution in [1.29, 1.82) is 0 Å². The summed E-state index contributed by atoms with van der Waals surface area (Å²) in [6.07, 6.45) is 1.18. The standard InChI is InChI=1S/C18H13Cl2N5O3/c1-10(26)11-3-2-4-12(7-11)23-17-16(25(27)28)18(22-9-21-17)24-13-5-6-14(19)15(20)8-13/h2-9H,1H3,(H2,21,22,23,24). The number of nitro groups is 1. The van der Waals surface area contributed by atoms with Crippen molar-refractivity contribution >= 4 is 57.7 Å². The molecule has 2 aromatic carbocycles. The van der Waals surface area contributed by atoms with Gasteiger partial charge in [-0.25, -0.2) is 9.97 Å². The fraction of sp³-hybridized carbons (Fsp3) is 0.0556. The van der Waals surface area contributed by atoms with Crippen molar-refractivity contribution in [1.82, 2.24) is 9.97 Å². The van der Waals surface area contributed by atoms with E-state index in [4.69, 9.17) is 23.2 Å². The van der Waals surface area contributed by atoms with Crippen LogP contribution in [-0.2, 0) is 0 Å². The van der Waals surface area contributed by atoms with Gasteiger partial charge in [-0.15, -0.1) is 0 Å². The number of benzene rings is 2. The molecule has 0 amide bonds. The van der Waals surface area contributed by atoms with Gasteiger partial charge in [0.2, 0.25) is 11.6 Å². The molecule has 0 aliphatic rings. The fourth-order valence-electron chi connectivity index (χ4n) is 2.40. The molecule has 3 rings (SSSR count). The summed E-state index contributed by atoms with van der Waals surface area (Å²) in [4.78, 5) is 30.5. The van der Waals surface area contributed by atoms with E-state index in [0.29, 0.717) is 27.0 Å². The Balaban J connectivity index is 1.97. The van der Waals surface area contributed by atoms with E-state index in [9.17, 15) is 14.9 Å². The van der Waals surface area contributed by atoms with E-state index in [0.717, 1.165) is 0 Å². The second-order valence-corrected chi connectivity index (χ2v) is 6.51. The van der Waals surface area contributed by atoms with Crippen molar-refractivity contribution in [3.8, 4) is 0 Å². The van der Waals surface area contributed by atoms with E-state index >= 15 is 0 Å². The predicted molar refractivity (Wildman–Crippen MR) is 108 cm³/mol. The minimum Gasteiger partial charge on any atom is -0.334 e. The molecule has 0 aliphatic carbocycles. The topological polar surface area (TPSA) is 110 Å². The van der Waals surface area contributed by atoms with Gasteiger partial charge in [0, 0.05) is 16.9 Å². The lowest BCUT2D eigenvalue weighted by atomic mass is 10.1. The minimum atomic E-state index is -0.600. The maximum absolute atomic E-state index is 11.7. The Morgan fingerprint density at radius 3 is 2.21 bits per heavy atom. The number of carbonyl (C=O) groups is 1. The second kappa shape index (κ2) is 8.20. The number of nitrogens with zero attached hydrogens (tertiary/aromatic N) is 3. The van der Waals surface area contributed by atoms with Gasteiger partial charge in [0.15, 0.2) is 5.78 Å². The summed E-state index contributed by atoms with van der Waals surface area (Å²) in [5, 5.41) is 18.0. The van der Waals surface area contributed by atoms with Gasteiger partial charge in [-0.1, -0.05) is 35.3 Å². The van der Waals surface area contributed by atoms with E-state index in [1.54, 1.807) is 36.4 Å². The van der Waals surface area contributed by atoms with Crippen molar-refractivity contribution < 1.29 is 9.72 Å². The summed E-state index contributed by atoms with van der Waals surface area (Å²) in [6.45, 7) is 1.44. The maximum Gasteiger partial charge on any atom is 0.353 e. The van der Waals surface area contributed by atoms with Crippen LogP contribution in [0.25, 0.3) is 0 Å². The van der Waals surface area contributed by atoms with Crippen LogP contribution in [0, 0.1) is 10.1 Å². The van der Waals surface area contributed by atoms with Crippen LogP contribution in [0.2, 0.25) is 10.0 Å². The van der Waals surface area contributed by atoms with E-state index < -0.39 is 4.92 Å². The smallest absolute Gasteiger partial charge is 0.334 e. The molecule has 0 unspecified atom stereocenters.